The molecule has 0 aliphatic carbocycles. The van der Waals surface area contributed by atoms with Crippen molar-refractivity contribution in [1.29, 1.82) is 0 Å². The van der Waals surface area contributed by atoms with E-state index in [1.165, 1.54) is 6.33 Å². The number of nitrogens with two attached hydrogens (primary N) is 1. The van der Waals surface area contributed by atoms with Crippen molar-refractivity contribution in [2.45, 2.75) is 19.1 Å². The van der Waals surface area contributed by atoms with Crippen LogP contribution in [-0.2, 0) is 20.2 Å². The lowest BCUT2D eigenvalue weighted by atomic mass is 10.3. The number of aryl methyl sites for hydroxylation is 1. The van der Waals surface area contributed by atoms with Gasteiger partial charge in [0.25, 0.3) is 5.56 Å². The maximum atomic E-state index is 11.5. The molecule has 0 aliphatic rings. The number of aromatic amines is 1. The number of hydrogen-bond acceptors (Lipinski definition) is 9. The molecule has 20 nitrogen and oxygen atoms in total. The number of aliphatic hydroxyl groups excluding tert-OH is 2. The molecule has 0 saturated carbocycles. The van der Waals surface area contributed by atoms with E-state index in [1.807, 2.05) is 0 Å². The molecule has 1 atom stereocenters. The molecule has 23 heteroatoms. The minimum absolute atomic E-state index is 0.0203. The van der Waals surface area contributed by atoms with Gasteiger partial charge in [-0.05, 0) is 6.42 Å². The number of nitrogen functional groups attached to an aromatic ring is 1. The molecule has 2 aromatic heterocycles. The highest BCUT2D eigenvalue weighted by molar-refractivity contribution is 7.45. The average molecular weight is 533 g/mol. The summed E-state index contributed by atoms with van der Waals surface area (Å²) in [5.74, 6) is 0.0203. The number of hydrogen-bond donors (Lipinski definition) is 13. The molecular weight excluding hydrogens is 511 g/mol. The summed E-state index contributed by atoms with van der Waals surface area (Å²) in [6.45, 7) is 0.0941. The molecule has 32 heavy (non-hydrogen) atoms. The summed E-state index contributed by atoms with van der Waals surface area (Å²) in [4.78, 5) is 86.4. The number of aromatic nitrogens is 4. The summed E-state index contributed by atoms with van der Waals surface area (Å²) < 4.78 is 28.3. The standard InChI is InChI=1S/C9H13N5O3.3H3O4P/c10-9-12-7-6(8(17)13-9)11-4-14(7)2-1-5(16)3-15;3*1-5(2,3)4/h4-5,15-16H,1-3H2,(H3,10,12,13,17);3*(H3,1,2,3,4). The minimum Gasteiger partial charge on any atom is -0.394 e. The van der Waals surface area contributed by atoms with E-state index in [0.29, 0.717) is 18.6 Å². The Morgan fingerprint density at radius 1 is 0.969 bits per heavy atom. The molecule has 188 valence electrons. The number of nitrogens with one attached hydrogen (secondary N) is 1. The Balaban J connectivity index is 0. The maximum absolute atomic E-state index is 11.5. The minimum atomic E-state index is -4.64. The number of H-pyrrole nitrogens is 1. The predicted molar refractivity (Wildman–Crippen MR) is 103 cm³/mol. The van der Waals surface area contributed by atoms with Gasteiger partial charge in [0.15, 0.2) is 11.2 Å². The third-order valence-electron chi connectivity index (χ3n) is 2.41. The molecule has 0 radical (unpaired) electrons. The van der Waals surface area contributed by atoms with Crippen molar-refractivity contribution >= 4 is 40.6 Å². The third-order valence-corrected chi connectivity index (χ3v) is 2.41. The van der Waals surface area contributed by atoms with Crippen LogP contribution in [-0.4, -0.2) is 86.5 Å². The van der Waals surface area contributed by atoms with E-state index in [2.05, 4.69) is 15.0 Å². The highest BCUT2D eigenvalue weighted by Crippen LogP contribution is 2.26. The van der Waals surface area contributed by atoms with Crippen molar-refractivity contribution in [3.05, 3.63) is 16.7 Å². The van der Waals surface area contributed by atoms with Crippen LogP contribution in [0.3, 0.4) is 0 Å². The molecule has 2 aromatic rings. The smallest absolute Gasteiger partial charge is 0.394 e. The lowest BCUT2D eigenvalue weighted by Gasteiger charge is -2.07. The van der Waals surface area contributed by atoms with Crippen LogP contribution in [0, 0.1) is 0 Å². The number of anilines is 1. The van der Waals surface area contributed by atoms with Crippen molar-refractivity contribution in [3.63, 3.8) is 0 Å². The monoisotopic (exact) mass is 533 g/mol. The molecule has 1 unspecified atom stereocenters. The number of aliphatic hydroxyl groups is 2. The van der Waals surface area contributed by atoms with E-state index in [-0.39, 0.29) is 18.1 Å². The van der Waals surface area contributed by atoms with Gasteiger partial charge in [-0.25, -0.2) is 18.7 Å². The number of imidazole rings is 1. The van der Waals surface area contributed by atoms with Crippen molar-refractivity contribution in [2.75, 3.05) is 12.3 Å². The lowest BCUT2D eigenvalue weighted by Crippen LogP contribution is -2.16. The van der Waals surface area contributed by atoms with Gasteiger partial charge in [-0.3, -0.25) is 9.78 Å². The Hall–Kier alpha value is -1.60. The van der Waals surface area contributed by atoms with E-state index in [0.717, 1.165) is 0 Å². The predicted octanol–water partition coefficient (Wildman–Crippen LogP) is -4.34. The Kier molecular flexibility index (Phi) is 14.1. The topological polar surface area (TPSA) is 363 Å². The van der Waals surface area contributed by atoms with Crippen molar-refractivity contribution in [1.82, 2.24) is 19.5 Å². The molecule has 0 spiro atoms. The molecule has 0 amide bonds. The van der Waals surface area contributed by atoms with Gasteiger partial charge < -0.3 is 64.6 Å². The van der Waals surface area contributed by atoms with Crippen LogP contribution in [0.1, 0.15) is 6.42 Å². The number of rotatable bonds is 4. The van der Waals surface area contributed by atoms with Crippen LogP contribution in [0.2, 0.25) is 0 Å². The van der Waals surface area contributed by atoms with Gasteiger partial charge in [-0.15, -0.1) is 0 Å². The van der Waals surface area contributed by atoms with Gasteiger partial charge in [0.2, 0.25) is 5.95 Å². The fraction of sp³-hybridized carbons (Fsp3) is 0.444. The second kappa shape index (κ2) is 13.8. The highest BCUT2D eigenvalue weighted by Gasteiger charge is 2.10. The van der Waals surface area contributed by atoms with Crippen LogP contribution >= 0.6 is 23.5 Å². The normalized spacial score (nSPS) is 12.5. The van der Waals surface area contributed by atoms with Crippen LogP contribution in [0.25, 0.3) is 11.2 Å². The second-order valence-electron chi connectivity index (χ2n) is 5.23. The Bertz CT molecular complexity index is 949. The fourth-order valence-electron chi connectivity index (χ4n) is 1.51. The fourth-order valence-corrected chi connectivity index (χ4v) is 1.51. The molecule has 2 rings (SSSR count). The summed E-state index contributed by atoms with van der Waals surface area (Å²) in [5.41, 5.74) is 5.62. The van der Waals surface area contributed by atoms with Gasteiger partial charge >= 0.3 is 23.5 Å². The Labute approximate surface area is 177 Å². The molecule has 14 N–H and O–H groups in total. The summed E-state index contributed by atoms with van der Waals surface area (Å²) in [5, 5.41) is 17.9. The number of nitrogens with zero attached hydrogens (tertiary/aromatic N) is 3. The van der Waals surface area contributed by atoms with Crippen LogP contribution in [0.4, 0.5) is 5.95 Å². The Morgan fingerprint density at radius 3 is 1.75 bits per heavy atom. The van der Waals surface area contributed by atoms with E-state index in [9.17, 15) is 9.90 Å². The summed E-state index contributed by atoms with van der Waals surface area (Å²) in [7, 11) is -13.9. The number of fused-ring (bicyclic) bond motifs is 1. The zero-order chi connectivity index (χ0) is 25.9. The molecule has 0 fully saturated rings. The van der Waals surface area contributed by atoms with E-state index in [1.54, 1.807) is 4.57 Å². The largest absolute Gasteiger partial charge is 0.466 e. The van der Waals surface area contributed by atoms with Crippen molar-refractivity contribution in [3.8, 4) is 0 Å². The van der Waals surface area contributed by atoms with Crippen molar-refractivity contribution < 1.29 is 67.9 Å². The Morgan fingerprint density at radius 2 is 1.38 bits per heavy atom. The first kappa shape index (κ1) is 32.6. The molecular formula is C9H22N5O15P3. The summed E-state index contributed by atoms with van der Waals surface area (Å²) in [6, 6.07) is 0. The number of phosphoric acid groups is 3. The molecule has 2 heterocycles. The average Bonchev–Trinajstić information content (AvgIpc) is 2.91. The molecule has 0 aromatic carbocycles. The first-order chi connectivity index (χ1) is 14.1. The zero-order valence-corrected chi connectivity index (χ0v) is 18.3. The van der Waals surface area contributed by atoms with Gasteiger partial charge in [0.05, 0.1) is 19.0 Å². The SMILES string of the molecule is Nc1nc2c(ncn2CCC(O)CO)c(=O)[nH]1.O=P(O)(O)O.O=P(O)(O)O.O=P(O)(O)O. The first-order valence-corrected chi connectivity index (χ1v) is 12.2. The quantitative estimate of drug-likeness (QED) is 0.165. The molecule has 0 saturated heterocycles. The maximum Gasteiger partial charge on any atom is 0.466 e. The third kappa shape index (κ3) is 23.1. The van der Waals surface area contributed by atoms with E-state index in [4.69, 9.17) is 68.6 Å². The molecule has 0 bridgehead atoms. The van der Waals surface area contributed by atoms with Crippen LogP contribution in [0.5, 0.6) is 0 Å². The zero-order valence-electron chi connectivity index (χ0n) is 15.6. The molecule has 0 aliphatic heterocycles. The summed E-state index contributed by atoms with van der Waals surface area (Å²) >= 11 is 0. The van der Waals surface area contributed by atoms with Gasteiger partial charge in [-0.2, -0.15) is 4.98 Å². The highest BCUT2D eigenvalue weighted by atomic mass is 31.2. The van der Waals surface area contributed by atoms with Gasteiger partial charge in [0.1, 0.15) is 0 Å². The summed E-state index contributed by atoms with van der Waals surface area (Å²) in [6.07, 6.45) is 0.999. The van der Waals surface area contributed by atoms with Crippen LogP contribution < -0.4 is 11.3 Å². The van der Waals surface area contributed by atoms with E-state index < -0.39 is 35.1 Å². The van der Waals surface area contributed by atoms with Gasteiger partial charge in [0, 0.05) is 6.54 Å². The lowest BCUT2D eigenvalue weighted by molar-refractivity contribution is 0.0848. The van der Waals surface area contributed by atoms with Crippen LogP contribution in [0.15, 0.2) is 11.1 Å². The van der Waals surface area contributed by atoms with E-state index >= 15 is 0 Å². The van der Waals surface area contributed by atoms with Crippen molar-refractivity contribution in [2.24, 2.45) is 0 Å². The first-order valence-electron chi connectivity index (χ1n) is 7.46. The second-order valence-corrected chi connectivity index (χ2v) is 8.31. The van der Waals surface area contributed by atoms with Gasteiger partial charge in [-0.1, -0.05) is 0 Å².